The predicted molar refractivity (Wildman–Crippen MR) is 70.1 cm³/mol. The maximum Gasteiger partial charge on any atom is 0.254 e. The number of halogens is 2. The second kappa shape index (κ2) is 5.12. The molecule has 0 radical (unpaired) electrons. The predicted octanol–water partition coefficient (Wildman–Crippen LogP) is 1.52. The van der Waals surface area contributed by atoms with Crippen LogP contribution in [0.15, 0.2) is 18.2 Å². The fourth-order valence-electron chi connectivity index (χ4n) is 2.14. The number of carbonyl (C=O) groups is 1. The summed E-state index contributed by atoms with van der Waals surface area (Å²) in [4.78, 5) is 11.8. The summed E-state index contributed by atoms with van der Waals surface area (Å²) in [7, 11) is -3.13. The fraction of sp³-hybridized carbons (Fsp3) is 0.462. The van der Waals surface area contributed by atoms with Crippen molar-refractivity contribution in [3.63, 3.8) is 0 Å². The number of amides is 1. The minimum absolute atomic E-state index is 0.00802. The van der Waals surface area contributed by atoms with Crippen molar-refractivity contribution < 1.29 is 22.0 Å². The average Bonchev–Trinajstić information content (AvgIpc) is 3.07. The molecule has 0 saturated heterocycles. The smallest absolute Gasteiger partial charge is 0.254 e. The average molecular weight is 303 g/mol. The summed E-state index contributed by atoms with van der Waals surface area (Å²) in [6.07, 6.45) is 2.54. The molecule has 20 heavy (non-hydrogen) atoms. The molecule has 4 nitrogen and oxygen atoms in total. The molecule has 1 amide bonds. The molecular weight excluding hydrogens is 288 g/mol. The van der Waals surface area contributed by atoms with Crippen LogP contribution in [0.4, 0.5) is 8.78 Å². The van der Waals surface area contributed by atoms with E-state index in [4.69, 9.17) is 0 Å². The third-order valence-electron chi connectivity index (χ3n) is 3.32. The van der Waals surface area contributed by atoms with Crippen molar-refractivity contribution in [3.05, 3.63) is 35.4 Å². The number of hydrogen-bond donors (Lipinski definition) is 1. The minimum atomic E-state index is -3.13. The molecule has 1 aliphatic carbocycles. The van der Waals surface area contributed by atoms with Gasteiger partial charge in [0.15, 0.2) is 0 Å². The number of benzene rings is 1. The largest absolute Gasteiger partial charge is 0.351 e. The first-order chi connectivity index (χ1) is 9.21. The minimum Gasteiger partial charge on any atom is -0.351 e. The molecule has 0 spiro atoms. The Labute approximate surface area is 116 Å². The lowest BCUT2D eigenvalue weighted by Gasteiger charge is -2.15. The molecule has 0 aliphatic heterocycles. The number of sulfone groups is 1. The molecule has 1 aliphatic rings. The topological polar surface area (TPSA) is 63.2 Å². The monoisotopic (exact) mass is 303 g/mol. The first-order valence-corrected chi connectivity index (χ1v) is 8.18. The summed E-state index contributed by atoms with van der Waals surface area (Å²) in [5, 5.41) is 2.48. The molecule has 0 unspecified atom stereocenters. The van der Waals surface area contributed by atoms with Gasteiger partial charge in [-0.15, -0.1) is 0 Å². The van der Waals surface area contributed by atoms with Crippen molar-refractivity contribution in [2.45, 2.75) is 12.8 Å². The highest BCUT2D eigenvalue weighted by Crippen LogP contribution is 2.46. The van der Waals surface area contributed by atoms with Gasteiger partial charge in [-0.2, -0.15) is 0 Å². The van der Waals surface area contributed by atoms with Gasteiger partial charge >= 0.3 is 0 Å². The zero-order valence-electron chi connectivity index (χ0n) is 10.9. The number of nitrogens with one attached hydrogen (secondary N) is 1. The molecule has 0 bridgehead atoms. The normalized spacial score (nSPS) is 16.8. The van der Waals surface area contributed by atoms with Gasteiger partial charge in [-0.1, -0.05) is 0 Å². The Kier molecular flexibility index (Phi) is 3.82. The highest BCUT2D eigenvalue weighted by molar-refractivity contribution is 7.90. The van der Waals surface area contributed by atoms with Crippen LogP contribution in [0.25, 0.3) is 0 Å². The summed E-state index contributed by atoms with van der Waals surface area (Å²) in [6.45, 7) is 0.148. The van der Waals surface area contributed by atoms with Crippen LogP contribution in [-0.4, -0.2) is 32.9 Å². The van der Waals surface area contributed by atoms with E-state index >= 15 is 0 Å². The Morgan fingerprint density at radius 2 is 2.00 bits per heavy atom. The highest BCUT2D eigenvalue weighted by Gasteiger charge is 2.45. The lowest BCUT2D eigenvalue weighted by atomic mass is 10.1. The Morgan fingerprint density at radius 3 is 2.55 bits per heavy atom. The van der Waals surface area contributed by atoms with Crippen molar-refractivity contribution in [1.29, 1.82) is 0 Å². The lowest BCUT2D eigenvalue weighted by molar-refractivity contribution is 0.0941. The molecule has 1 aromatic carbocycles. The molecule has 0 heterocycles. The summed E-state index contributed by atoms with van der Waals surface area (Å²) in [5.41, 5.74) is -0.826. The summed E-state index contributed by atoms with van der Waals surface area (Å²) in [6, 6.07) is 2.63. The SMILES string of the molecule is CS(=O)(=O)CC1(CNC(=O)c2cc(F)ccc2F)CC1. The first kappa shape index (κ1) is 14.9. The second-order valence-electron chi connectivity index (χ2n) is 5.38. The number of rotatable bonds is 5. The maximum absolute atomic E-state index is 13.4. The van der Waals surface area contributed by atoms with Crippen LogP contribution in [0.5, 0.6) is 0 Å². The van der Waals surface area contributed by atoms with E-state index in [9.17, 15) is 22.0 Å². The molecular formula is C13H15F2NO3S. The second-order valence-corrected chi connectivity index (χ2v) is 7.52. The van der Waals surface area contributed by atoms with E-state index in [0.717, 1.165) is 24.5 Å². The van der Waals surface area contributed by atoms with E-state index in [1.54, 1.807) is 0 Å². The molecule has 1 saturated carbocycles. The highest BCUT2D eigenvalue weighted by atomic mass is 32.2. The van der Waals surface area contributed by atoms with Crippen molar-refractivity contribution in [1.82, 2.24) is 5.32 Å². The van der Waals surface area contributed by atoms with E-state index in [1.165, 1.54) is 0 Å². The van der Waals surface area contributed by atoms with Crippen LogP contribution in [0.1, 0.15) is 23.2 Å². The van der Waals surface area contributed by atoms with Crippen LogP contribution < -0.4 is 5.32 Å². The summed E-state index contributed by atoms with van der Waals surface area (Å²) in [5.74, 6) is -2.25. The fourth-order valence-corrected chi connectivity index (χ4v) is 3.64. The van der Waals surface area contributed by atoms with Crippen molar-refractivity contribution >= 4 is 15.7 Å². The van der Waals surface area contributed by atoms with Gasteiger partial charge in [0, 0.05) is 18.2 Å². The lowest BCUT2D eigenvalue weighted by Crippen LogP contribution is -2.34. The first-order valence-electron chi connectivity index (χ1n) is 6.12. The molecule has 110 valence electrons. The van der Waals surface area contributed by atoms with E-state index in [0.29, 0.717) is 12.8 Å². The van der Waals surface area contributed by atoms with Gasteiger partial charge in [0.2, 0.25) is 0 Å². The van der Waals surface area contributed by atoms with E-state index < -0.39 is 32.8 Å². The Bertz CT molecular complexity index is 639. The standard InChI is InChI=1S/C13H15F2NO3S/c1-20(18,19)8-13(4-5-13)7-16-12(17)10-6-9(14)2-3-11(10)15/h2-3,6H,4-5,7-8H2,1H3,(H,16,17). The Morgan fingerprint density at radius 1 is 1.35 bits per heavy atom. The number of carbonyl (C=O) groups excluding carboxylic acids is 1. The molecule has 1 N–H and O–H groups in total. The van der Waals surface area contributed by atoms with Gasteiger partial charge < -0.3 is 5.32 Å². The maximum atomic E-state index is 13.4. The Hall–Kier alpha value is -1.50. The van der Waals surface area contributed by atoms with Crippen LogP contribution in [-0.2, 0) is 9.84 Å². The molecule has 1 fully saturated rings. The van der Waals surface area contributed by atoms with Crippen molar-refractivity contribution in [2.75, 3.05) is 18.6 Å². The number of hydrogen-bond acceptors (Lipinski definition) is 3. The van der Waals surface area contributed by atoms with E-state index in [-0.39, 0.29) is 17.9 Å². The molecule has 7 heteroatoms. The Balaban J connectivity index is 2.01. The van der Waals surface area contributed by atoms with Crippen molar-refractivity contribution in [2.24, 2.45) is 5.41 Å². The van der Waals surface area contributed by atoms with Gasteiger partial charge in [0.25, 0.3) is 5.91 Å². The summed E-state index contributed by atoms with van der Waals surface area (Å²) >= 11 is 0. The van der Waals surface area contributed by atoms with Crippen molar-refractivity contribution in [3.8, 4) is 0 Å². The molecule has 0 atom stereocenters. The zero-order chi connectivity index (χ0) is 15.0. The van der Waals surface area contributed by atoms with Crippen LogP contribution in [0, 0.1) is 17.0 Å². The molecule has 1 aromatic rings. The van der Waals surface area contributed by atoms with Crippen LogP contribution in [0.3, 0.4) is 0 Å². The molecule has 2 rings (SSSR count). The quantitative estimate of drug-likeness (QED) is 0.897. The molecule has 0 aromatic heterocycles. The van der Waals surface area contributed by atoms with E-state index in [1.807, 2.05) is 0 Å². The summed E-state index contributed by atoms with van der Waals surface area (Å²) < 4.78 is 48.9. The van der Waals surface area contributed by atoms with Gasteiger partial charge in [0.05, 0.1) is 11.3 Å². The van der Waals surface area contributed by atoms with E-state index in [2.05, 4.69) is 5.32 Å². The van der Waals surface area contributed by atoms with Gasteiger partial charge in [-0.25, -0.2) is 17.2 Å². The zero-order valence-corrected chi connectivity index (χ0v) is 11.8. The van der Waals surface area contributed by atoms with Gasteiger partial charge in [0.1, 0.15) is 21.5 Å². The third-order valence-corrected chi connectivity index (χ3v) is 4.46. The van der Waals surface area contributed by atoms with Gasteiger partial charge in [-0.05, 0) is 31.0 Å². The van der Waals surface area contributed by atoms with Crippen LogP contribution in [0.2, 0.25) is 0 Å². The van der Waals surface area contributed by atoms with Gasteiger partial charge in [-0.3, -0.25) is 4.79 Å². The third kappa shape index (κ3) is 3.75. The van der Waals surface area contributed by atoms with Crippen LogP contribution >= 0.6 is 0 Å².